The molecule has 1 aromatic carbocycles. The van der Waals surface area contributed by atoms with E-state index in [1.165, 1.54) is 12.1 Å². The molecule has 0 spiro atoms. The van der Waals surface area contributed by atoms with Crippen LogP contribution in [0.3, 0.4) is 0 Å². The van der Waals surface area contributed by atoms with Crippen molar-refractivity contribution in [2.75, 3.05) is 0 Å². The van der Waals surface area contributed by atoms with Gasteiger partial charge < -0.3 is 23.7 Å². The SMILES string of the molecule is CC(C)(C)OC(=O)Oc1ccc([18F])c(C[C@@H](C(=O)OC(C)(C)C)N(C(=O)OC(C)(C)C)C(=O)OC(C)(C)C)c1. The molecule has 0 aliphatic rings. The van der Waals surface area contributed by atoms with Crippen molar-refractivity contribution in [1.82, 2.24) is 4.90 Å². The third-order valence-electron chi connectivity index (χ3n) is 4.19. The highest BCUT2D eigenvalue weighted by Gasteiger charge is 2.42. The summed E-state index contributed by atoms with van der Waals surface area (Å²) in [6.07, 6.45) is -3.93. The summed E-state index contributed by atoms with van der Waals surface area (Å²) in [5.74, 6) is -1.87. The van der Waals surface area contributed by atoms with E-state index >= 15 is 0 Å². The number of benzene rings is 1. The lowest BCUT2D eigenvalue weighted by atomic mass is 10.0. The number of ether oxygens (including phenoxy) is 5. The molecule has 1 atom stereocenters. The van der Waals surface area contributed by atoms with Crippen molar-refractivity contribution in [3.8, 4) is 5.75 Å². The van der Waals surface area contributed by atoms with Crippen LogP contribution in [0.1, 0.15) is 88.6 Å². The molecule has 0 aliphatic carbocycles. The van der Waals surface area contributed by atoms with Crippen LogP contribution in [0.5, 0.6) is 5.75 Å². The fraction of sp³-hybridized carbons (Fsp3) is 0.643. The minimum absolute atomic E-state index is 0.0790. The Kier molecular flexibility index (Phi) is 10.5. The average molecular weight is 555 g/mol. The molecular formula is C28H42FNO9. The van der Waals surface area contributed by atoms with Gasteiger partial charge in [-0.25, -0.2) is 23.6 Å². The topological polar surface area (TPSA) is 118 Å². The van der Waals surface area contributed by atoms with Gasteiger partial charge in [0.2, 0.25) is 0 Å². The molecule has 0 radical (unpaired) electrons. The Morgan fingerprint density at radius 3 is 1.56 bits per heavy atom. The monoisotopic (exact) mass is 554 g/mol. The highest BCUT2D eigenvalue weighted by atomic mass is 18.2. The number of imide groups is 1. The molecule has 1 aromatic rings. The number of amides is 2. The van der Waals surface area contributed by atoms with Crippen molar-refractivity contribution in [2.24, 2.45) is 0 Å². The van der Waals surface area contributed by atoms with E-state index in [-0.39, 0.29) is 11.3 Å². The molecule has 0 unspecified atom stereocenters. The smallest absolute Gasteiger partial charge is 0.458 e. The van der Waals surface area contributed by atoms with Crippen LogP contribution in [0.15, 0.2) is 18.2 Å². The van der Waals surface area contributed by atoms with Crippen LogP contribution in [0.4, 0.5) is 18.8 Å². The number of rotatable bonds is 5. The van der Waals surface area contributed by atoms with Crippen LogP contribution in [0.2, 0.25) is 0 Å². The molecule has 0 saturated heterocycles. The Bertz CT molecular complexity index is 1030. The van der Waals surface area contributed by atoms with Crippen LogP contribution < -0.4 is 4.74 Å². The Balaban J connectivity index is 3.58. The molecule has 0 aromatic heterocycles. The summed E-state index contributed by atoms with van der Waals surface area (Å²) >= 11 is 0. The molecule has 0 aliphatic heterocycles. The second kappa shape index (κ2) is 12.2. The van der Waals surface area contributed by atoms with Gasteiger partial charge in [0.1, 0.15) is 40.0 Å². The maximum atomic E-state index is 15.0. The summed E-state index contributed by atoms with van der Waals surface area (Å²) in [5.41, 5.74) is -4.07. The van der Waals surface area contributed by atoms with Crippen LogP contribution in [-0.2, 0) is 30.2 Å². The minimum atomic E-state index is -1.69. The van der Waals surface area contributed by atoms with Crippen LogP contribution in [-0.4, -0.2) is 57.7 Å². The summed E-state index contributed by atoms with van der Waals surface area (Å²) < 4.78 is 41.5. The predicted molar refractivity (Wildman–Crippen MR) is 141 cm³/mol. The molecule has 0 fully saturated rings. The number of hydrogen-bond donors (Lipinski definition) is 0. The van der Waals surface area contributed by atoms with Crippen LogP contribution in [0.25, 0.3) is 0 Å². The zero-order chi connectivity index (χ0) is 30.6. The minimum Gasteiger partial charge on any atom is -0.458 e. The van der Waals surface area contributed by atoms with Gasteiger partial charge in [-0.1, -0.05) is 0 Å². The van der Waals surface area contributed by atoms with E-state index in [4.69, 9.17) is 23.7 Å². The molecule has 0 bridgehead atoms. The lowest BCUT2D eigenvalue weighted by molar-refractivity contribution is -0.161. The molecule has 0 heterocycles. The summed E-state index contributed by atoms with van der Waals surface area (Å²) in [6.45, 7) is 19.2. The summed E-state index contributed by atoms with van der Waals surface area (Å²) in [6, 6.07) is 1.69. The highest BCUT2D eigenvalue weighted by Crippen LogP contribution is 2.25. The summed E-state index contributed by atoms with van der Waals surface area (Å²) in [7, 11) is 0. The first-order valence-corrected chi connectivity index (χ1v) is 12.5. The van der Waals surface area contributed by atoms with Crippen molar-refractivity contribution in [3.05, 3.63) is 29.6 Å². The van der Waals surface area contributed by atoms with Crippen molar-refractivity contribution >= 4 is 24.3 Å². The fourth-order valence-corrected chi connectivity index (χ4v) is 2.95. The van der Waals surface area contributed by atoms with Gasteiger partial charge in [0, 0.05) is 6.42 Å². The number of hydrogen-bond acceptors (Lipinski definition) is 9. The molecule has 220 valence electrons. The van der Waals surface area contributed by atoms with E-state index in [0.29, 0.717) is 4.90 Å². The third kappa shape index (κ3) is 12.8. The van der Waals surface area contributed by atoms with E-state index in [2.05, 4.69) is 0 Å². The lowest BCUT2D eigenvalue weighted by Crippen LogP contribution is -2.54. The van der Waals surface area contributed by atoms with Crippen LogP contribution in [0, 0.1) is 5.82 Å². The van der Waals surface area contributed by atoms with Gasteiger partial charge >= 0.3 is 24.3 Å². The van der Waals surface area contributed by atoms with Crippen molar-refractivity contribution in [1.29, 1.82) is 0 Å². The number of esters is 1. The van der Waals surface area contributed by atoms with E-state index in [1.54, 1.807) is 83.1 Å². The van der Waals surface area contributed by atoms with Gasteiger partial charge in [0.05, 0.1) is 0 Å². The second-order valence-corrected chi connectivity index (χ2v) is 12.9. The van der Waals surface area contributed by atoms with Gasteiger partial charge in [0.15, 0.2) is 0 Å². The van der Waals surface area contributed by atoms with Gasteiger partial charge in [-0.05, 0) is 107 Å². The number of carbonyl (C=O) groups excluding carboxylic acids is 4. The second-order valence-electron chi connectivity index (χ2n) is 12.9. The molecule has 10 nitrogen and oxygen atoms in total. The molecule has 1 rings (SSSR count). The van der Waals surface area contributed by atoms with Crippen molar-refractivity contribution < 1.29 is 47.3 Å². The first-order valence-electron chi connectivity index (χ1n) is 12.5. The van der Waals surface area contributed by atoms with Gasteiger partial charge in [-0.15, -0.1) is 0 Å². The Morgan fingerprint density at radius 2 is 1.15 bits per heavy atom. The lowest BCUT2D eigenvalue weighted by Gasteiger charge is -2.33. The molecule has 0 N–H and O–H groups in total. The number of halogens is 1. The van der Waals surface area contributed by atoms with E-state index in [9.17, 15) is 23.6 Å². The van der Waals surface area contributed by atoms with Gasteiger partial charge in [0.25, 0.3) is 0 Å². The summed E-state index contributed by atoms with van der Waals surface area (Å²) in [5, 5.41) is 0. The quantitative estimate of drug-likeness (QED) is 0.226. The predicted octanol–water partition coefficient (Wildman–Crippen LogP) is 6.56. The zero-order valence-corrected chi connectivity index (χ0v) is 25.0. The van der Waals surface area contributed by atoms with Gasteiger partial charge in [-0.3, -0.25) is 0 Å². The standard InChI is InChI=1S/C28H42FNO9/c1-25(2,3)36-21(31)20(30(22(32)37-26(4,5)6)23(33)38-27(7,8)9)16-17-15-18(13-14-19(17)29)35-24(34)39-28(10,11)12/h13-15,20H,16H2,1-12H3/t20-/m0/s1/i29-1. The third-order valence-corrected chi connectivity index (χ3v) is 4.19. The van der Waals surface area contributed by atoms with Gasteiger partial charge in [-0.2, -0.15) is 4.90 Å². The Morgan fingerprint density at radius 1 is 0.718 bits per heavy atom. The summed E-state index contributed by atoms with van der Waals surface area (Å²) in [4.78, 5) is 52.4. The number of carbonyl (C=O) groups is 4. The van der Waals surface area contributed by atoms with E-state index in [0.717, 1.165) is 6.07 Å². The Hall–Kier alpha value is -3.37. The molecule has 0 saturated carbocycles. The average Bonchev–Trinajstić information content (AvgIpc) is 2.64. The van der Waals surface area contributed by atoms with Crippen molar-refractivity contribution in [3.63, 3.8) is 0 Å². The van der Waals surface area contributed by atoms with Crippen LogP contribution >= 0.6 is 0 Å². The normalized spacial score (nSPS) is 13.2. The molecule has 11 heteroatoms. The van der Waals surface area contributed by atoms with E-state index < -0.39 is 65.0 Å². The number of nitrogens with zero attached hydrogens (tertiary/aromatic N) is 1. The fourth-order valence-electron chi connectivity index (χ4n) is 2.95. The molecule has 2 amide bonds. The zero-order valence-electron chi connectivity index (χ0n) is 25.0. The molecular weight excluding hydrogens is 512 g/mol. The first kappa shape index (κ1) is 33.7. The molecule has 39 heavy (non-hydrogen) atoms. The highest BCUT2D eigenvalue weighted by molar-refractivity contribution is 5.94. The first-order chi connectivity index (χ1) is 17.4. The largest absolute Gasteiger partial charge is 0.514 e. The Labute approximate surface area is 230 Å². The van der Waals surface area contributed by atoms with Crippen molar-refractivity contribution in [2.45, 2.75) is 118 Å². The van der Waals surface area contributed by atoms with E-state index in [1.807, 2.05) is 0 Å². The maximum Gasteiger partial charge on any atom is 0.514 e. The maximum absolute atomic E-state index is 15.0.